The highest BCUT2D eigenvalue weighted by Crippen LogP contribution is 2.28. The molecule has 156 valence electrons. The number of carbonyl (C=O) groups is 2. The van der Waals surface area contributed by atoms with Crippen LogP contribution in [0.15, 0.2) is 64.6 Å². The Hall–Kier alpha value is -2.93. The van der Waals surface area contributed by atoms with E-state index in [4.69, 9.17) is 4.42 Å². The van der Waals surface area contributed by atoms with Crippen LogP contribution in [0.5, 0.6) is 0 Å². The lowest BCUT2D eigenvalue weighted by atomic mass is 10.2. The molecule has 0 saturated heterocycles. The van der Waals surface area contributed by atoms with Crippen LogP contribution in [0.25, 0.3) is 0 Å². The average Bonchev–Trinajstić information content (AvgIpc) is 3.20. The Bertz CT molecular complexity index is 967. The molecule has 1 aliphatic rings. The van der Waals surface area contributed by atoms with Gasteiger partial charge in [-0.3, -0.25) is 9.59 Å². The van der Waals surface area contributed by atoms with E-state index >= 15 is 0 Å². The molecule has 1 fully saturated rings. The third kappa shape index (κ3) is 5.36. The molecular formula is C23H23FN2O3S. The van der Waals surface area contributed by atoms with E-state index in [1.165, 1.54) is 12.1 Å². The van der Waals surface area contributed by atoms with Crippen LogP contribution < -0.4 is 0 Å². The van der Waals surface area contributed by atoms with E-state index < -0.39 is 0 Å². The fourth-order valence-electron chi connectivity index (χ4n) is 3.35. The van der Waals surface area contributed by atoms with Crippen LogP contribution in [0.3, 0.4) is 0 Å². The predicted molar refractivity (Wildman–Crippen MR) is 112 cm³/mol. The van der Waals surface area contributed by atoms with Gasteiger partial charge in [-0.1, -0.05) is 18.2 Å². The van der Waals surface area contributed by atoms with Gasteiger partial charge in [-0.25, -0.2) is 4.39 Å². The Kier molecular flexibility index (Phi) is 6.28. The number of nitrogens with zero attached hydrogens (tertiary/aromatic N) is 2. The van der Waals surface area contributed by atoms with E-state index in [-0.39, 0.29) is 30.2 Å². The Balaban J connectivity index is 1.47. The van der Waals surface area contributed by atoms with Crippen LogP contribution in [0.2, 0.25) is 0 Å². The summed E-state index contributed by atoms with van der Waals surface area (Å²) < 4.78 is 18.7. The van der Waals surface area contributed by atoms with E-state index in [0.717, 1.165) is 23.3 Å². The van der Waals surface area contributed by atoms with E-state index in [9.17, 15) is 14.0 Å². The normalized spacial score (nSPS) is 13.2. The Morgan fingerprint density at radius 3 is 2.47 bits per heavy atom. The summed E-state index contributed by atoms with van der Waals surface area (Å²) in [5, 5.41) is 1.95. The van der Waals surface area contributed by atoms with Crippen molar-refractivity contribution < 1.29 is 18.4 Å². The van der Waals surface area contributed by atoms with Gasteiger partial charge in [0, 0.05) is 17.5 Å². The van der Waals surface area contributed by atoms with Crippen LogP contribution in [-0.2, 0) is 29.1 Å². The molecule has 1 aromatic carbocycles. The highest BCUT2D eigenvalue weighted by Gasteiger charge is 2.34. The van der Waals surface area contributed by atoms with Crippen LogP contribution in [0, 0.1) is 5.82 Å². The number of hydrogen-bond acceptors (Lipinski definition) is 4. The van der Waals surface area contributed by atoms with Gasteiger partial charge in [-0.2, -0.15) is 0 Å². The van der Waals surface area contributed by atoms with Crippen molar-refractivity contribution in [2.45, 2.75) is 38.4 Å². The van der Waals surface area contributed by atoms with Gasteiger partial charge in [0.1, 0.15) is 18.1 Å². The summed E-state index contributed by atoms with van der Waals surface area (Å²) in [5.74, 6) is 0.172. The first kappa shape index (κ1) is 20.3. The molecule has 7 heteroatoms. The number of furan rings is 1. The summed E-state index contributed by atoms with van der Waals surface area (Å²) in [6, 6.07) is 13.7. The second kappa shape index (κ2) is 9.26. The smallest absolute Gasteiger partial charge is 0.242 e. The molecule has 5 nitrogen and oxygen atoms in total. The number of hydrogen-bond donors (Lipinski definition) is 0. The van der Waals surface area contributed by atoms with E-state index in [1.54, 1.807) is 45.6 Å². The molecule has 2 heterocycles. The largest absolute Gasteiger partial charge is 0.467 e. The zero-order valence-corrected chi connectivity index (χ0v) is 17.3. The van der Waals surface area contributed by atoms with Gasteiger partial charge < -0.3 is 14.2 Å². The fourth-order valence-corrected chi connectivity index (χ4v) is 4.05. The Morgan fingerprint density at radius 1 is 1.03 bits per heavy atom. The lowest BCUT2D eigenvalue weighted by Gasteiger charge is -2.27. The molecule has 1 aliphatic carbocycles. The maximum atomic E-state index is 13.3. The van der Waals surface area contributed by atoms with Gasteiger partial charge in [0.2, 0.25) is 11.8 Å². The molecule has 2 amide bonds. The molecular weight excluding hydrogens is 403 g/mol. The van der Waals surface area contributed by atoms with Crippen LogP contribution >= 0.6 is 11.3 Å². The zero-order valence-electron chi connectivity index (χ0n) is 16.5. The van der Waals surface area contributed by atoms with Crippen molar-refractivity contribution in [2.24, 2.45) is 0 Å². The topological polar surface area (TPSA) is 53.8 Å². The molecule has 0 atom stereocenters. The maximum absolute atomic E-state index is 13.3. The second-order valence-corrected chi connectivity index (χ2v) is 8.50. The lowest BCUT2D eigenvalue weighted by molar-refractivity contribution is -0.141. The second-order valence-electron chi connectivity index (χ2n) is 7.46. The van der Waals surface area contributed by atoms with Crippen molar-refractivity contribution in [3.8, 4) is 0 Å². The van der Waals surface area contributed by atoms with Gasteiger partial charge >= 0.3 is 0 Å². The van der Waals surface area contributed by atoms with Crippen molar-refractivity contribution in [3.63, 3.8) is 0 Å². The van der Waals surface area contributed by atoms with Crippen molar-refractivity contribution in [1.82, 2.24) is 9.80 Å². The maximum Gasteiger partial charge on any atom is 0.242 e. The minimum absolute atomic E-state index is 0.0203. The minimum Gasteiger partial charge on any atom is -0.467 e. The van der Waals surface area contributed by atoms with Crippen molar-refractivity contribution in [1.29, 1.82) is 0 Å². The first-order valence-electron chi connectivity index (χ1n) is 9.95. The Labute approximate surface area is 178 Å². The SMILES string of the molecule is O=C(CN(C(=O)Cc1cccs1)C1CC1)N(Cc1ccc(F)cc1)Cc1ccco1. The standard InChI is InChI=1S/C23H23FN2O3S/c24-18-7-5-17(6-8-18)14-25(15-20-3-1-11-29-20)23(28)16-26(19-9-10-19)22(27)13-21-4-2-12-30-21/h1-8,11-12,19H,9-10,13-16H2. The van der Waals surface area contributed by atoms with Crippen LogP contribution in [0.1, 0.15) is 29.0 Å². The summed E-state index contributed by atoms with van der Waals surface area (Å²) in [5.41, 5.74) is 0.819. The minimum atomic E-state index is -0.318. The number of amides is 2. The summed E-state index contributed by atoms with van der Waals surface area (Å²) in [7, 11) is 0. The molecule has 0 spiro atoms. The third-order valence-corrected chi connectivity index (χ3v) is 5.96. The monoisotopic (exact) mass is 426 g/mol. The summed E-state index contributed by atoms with van der Waals surface area (Å²) in [6.07, 6.45) is 3.74. The molecule has 0 N–H and O–H groups in total. The molecule has 30 heavy (non-hydrogen) atoms. The van der Waals surface area contributed by atoms with Crippen molar-refractivity contribution in [2.75, 3.05) is 6.54 Å². The third-order valence-electron chi connectivity index (χ3n) is 5.09. The fraction of sp³-hybridized carbons (Fsp3) is 0.304. The van der Waals surface area contributed by atoms with Crippen LogP contribution in [-0.4, -0.2) is 34.2 Å². The molecule has 2 aromatic heterocycles. The average molecular weight is 427 g/mol. The van der Waals surface area contributed by atoms with Gasteiger partial charge in [-0.15, -0.1) is 11.3 Å². The number of halogens is 1. The lowest BCUT2D eigenvalue weighted by Crippen LogP contribution is -2.44. The van der Waals surface area contributed by atoms with Crippen LogP contribution in [0.4, 0.5) is 4.39 Å². The summed E-state index contributed by atoms with van der Waals surface area (Å²) >= 11 is 1.55. The van der Waals surface area contributed by atoms with Gasteiger partial charge in [0.05, 0.1) is 19.2 Å². The van der Waals surface area contributed by atoms with Gasteiger partial charge in [-0.05, 0) is 54.1 Å². The number of rotatable bonds is 9. The van der Waals surface area contributed by atoms with Crippen molar-refractivity contribution in [3.05, 3.63) is 82.2 Å². The van der Waals surface area contributed by atoms with E-state index in [1.807, 2.05) is 23.6 Å². The highest BCUT2D eigenvalue weighted by atomic mass is 32.1. The molecule has 0 radical (unpaired) electrons. The van der Waals surface area contributed by atoms with Crippen molar-refractivity contribution >= 4 is 23.2 Å². The molecule has 0 unspecified atom stereocenters. The Morgan fingerprint density at radius 2 is 1.83 bits per heavy atom. The van der Waals surface area contributed by atoms with E-state index in [0.29, 0.717) is 25.3 Å². The first-order chi connectivity index (χ1) is 14.6. The molecule has 3 aromatic rings. The number of benzene rings is 1. The quantitative estimate of drug-likeness (QED) is 0.514. The predicted octanol–water partition coefficient (Wildman–Crippen LogP) is 4.24. The molecule has 4 rings (SSSR count). The molecule has 1 saturated carbocycles. The zero-order chi connectivity index (χ0) is 20.9. The summed E-state index contributed by atoms with van der Waals surface area (Å²) in [6.45, 7) is 0.648. The molecule has 0 bridgehead atoms. The van der Waals surface area contributed by atoms with Gasteiger partial charge in [0.15, 0.2) is 0 Å². The molecule has 0 aliphatic heterocycles. The number of thiophene rings is 1. The van der Waals surface area contributed by atoms with Gasteiger partial charge in [0.25, 0.3) is 0 Å². The summed E-state index contributed by atoms with van der Waals surface area (Å²) in [4.78, 5) is 30.4. The number of carbonyl (C=O) groups excluding carboxylic acids is 2. The first-order valence-corrected chi connectivity index (χ1v) is 10.8. The highest BCUT2D eigenvalue weighted by molar-refractivity contribution is 7.10. The van der Waals surface area contributed by atoms with E-state index in [2.05, 4.69) is 0 Å².